The molecular weight excluding hydrogens is 256 g/mol. The third-order valence-corrected chi connectivity index (χ3v) is 4.07. The highest BCUT2D eigenvalue weighted by molar-refractivity contribution is 8.14. The molecule has 1 unspecified atom stereocenters. The molecule has 0 amide bonds. The van der Waals surface area contributed by atoms with E-state index in [1.807, 2.05) is 0 Å². The summed E-state index contributed by atoms with van der Waals surface area (Å²) in [6.07, 6.45) is -0.506. The van der Waals surface area contributed by atoms with Crippen molar-refractivity contribution in [2.45, 2.75) is 36.2 Å². The molecular formula is C11H18N2O4S. The summed E-state index contributed by atoms with van der Waals surface area (Å²) in [5.41, 5.74) is -0.313. The average Bonchev–Trinajstić information content (AvgIpc) is 2.76. The number of amidine groups is 1. The van der Waals surface area contributed by atoms with Crippen LogP contribution < -0.4 is 5.32 Å². The monoisotopic (exact) mass is 274 g/mol. The second-order valence-electron chi connectivity index (χ2n) is 4.25. The highest BCUT2D eigenvalue weighted by atomic mass is 32.2. The highest BCUT2D eigenvalue weighted by Crippen LogP contribution is 2.36. The summed E-state index contributed by atoms with van der Waals surface area (Å²) in [5, 5.41) is 32.5. The molecule has 0 aromatic rings. The van der Waals surface area contributed by atoms with Gasteiger partial charge in [0.05, 0.1) is 6.10 Å². The fraction of sp³-hybridized carbons (Fsp3) is 0.727. The van der Waals surface area contributed by atoms with Gasteiger partial charge in [0, 0.05) is 13.2 Å². The number of nitrogens with zero attached hydrogens (tertiary/aromatic N) is 1. The number of hydrogen-bond acceptors (Lipinski definition) is 7. The van der Waals surface area contributed by atoms with E-state index in [1.165, 1.54) is 11.8 Å². The topological polar surface area (TPSA) is 94.3 Å². The first-order valence-corrected chi connectivity index (χ1v) is 6.77. The van der Waals surface area contributed by atoms with Crippen LogP contribution in [0.15, 0.2) is 17.6 Å². The minimum atomic E-state index is -1.01. The van der Waals surface area contributed by atoms with Crippen molar-refractivity contribution in [1.29, 1.82) is 0 Å². The maximum atomic E-state index is 10.0. The van der Waals surface area contributed by atoms with Gasteiger partial charge in [-0.3, -0.25) is 4.99 Å². The number of rotatable bonds is 4. The van der Waals surface area contributed by atoms with Crippen molar-refractivity contribution >= 4 is 16.9 Å². The Morgan fingerprint density at radius 1 is 1.44 bits per heavy atom. The van der Waals surface area contributed by atoms with Gasteiger partial charge in [0.1, 0.15) is 23.7 Å². The fourth-order valence-corrected chi connectivity index (χ4v) is 3.17. The molecule has 0 radical (unpaired) electrons. The highest BCUT2D eigenvalue weighted by Gasteiger charge is 2.47. The van der Waals surface area contributed by atoms with E-state index in [4.69, 9.17) is 9.84 Å². The molecule has 0 aromatic heterocycles. The van der Waals surface area contributed by atoms with Gasteiger partial charge in [0.2, 0.25) is 0 Å². The Morgan fingerprint density at radius 2 is 2.22 bits per heavy atom. The summed E-state index contributed by atoms with van der Waals surface area (Å²) in [4.78, 5) is 4.30. The molecule has 2 aliphatic rings. The Kier molecular flexibility index (Phi) is 4.63. The Hall–Kier alpha value is -0.600. The van der Waals surface area contributed by atoms with Gasteiger partial charge in [0.25, 0.3) is 0 Å². The lowest BCUT2D eigenvalue weighted by Crippen LogP contribution is -2.54. The van der Waals surface area contributed by atoms with Crippen molar-refractivity contribution < 1.29 is 20.1 Å². The molecule has 0 bridgehead atoms. The van der Waals surface area contributed by atoms with Crippen LogP contribution in [0.2, 0.25) is 0 Å². The molecule has 18 heavy (non-hydrogen) atoms. The Balaban J connectivity index is 2.01. The van der Waals surface area contributed by atoms with Gasteiger partial charge in [-0.15, -0.1) is 6.58 Å². The number of nitrogens with one attached hydrogen (secondary N) is 1. The molecule has 0 saturated carbocycles. The van der Waals surface area contributed by atoms with Crippen molar-refractivity contribution in [3.63, 3.8) is 0 Å². The van der Waals surface area contributed by atoms with E-state index in [1.54, 1.807) is 6.08 Å². The molecule has 4 N–H and O–H groups in total. The number of fused-ring (bicyclic) bond motifs is 1. The third-order valence-electron chi connectivity index (χ3n) is 2.97. The molecule has 0 aliphatic carbocycles. The number of ether oxygens (including phenoxy) is 1. The molecule has 2 heterocycles. The lowest BCUT2D eigenvalue weighted by atomic mass is 9.96. The molecule has 0 aromatic carbocycles. The summed E-state index contributed by atoms with van der Waals surface area (Å²) < 4.78 is 5.66. The molecule has 1 saturated heterocycles. The first-order chi connectivity index (χ1) is 8.67. The van der Waals surface area contributed by atoms with Crippen LogP contribution in [0.1, 0.15) is 6.42 Å². The zero-order valence-corrected chi connectivity index (χ0v) is 10.7. The zero-order valence-electron chi connectivity index (χ0n) is 9.90. The van der Waals surface area contributed by atoms with Crippen molar-refractivity contribution in [3.8, 4) is 0 Å². The largest absolute Gasteiger partial charge is 0.396 e. The van der Waals surface area contributed by atoms with E-state index >= 15 is 0 Å². The average molecular weight is 274 g/mol. The van der Waals surface area contributed by atoms with Gasteiger partial charge in [-0.2, -0.15) is 0 Å². The van der Waals surface area contributed by atoms with E-state index in [9.17, 15) is 10.2 Å². The predicted octanol–water partition coefficient (Wildman–Crippen LogP) is -0.938. The lowest BCUT2D eigenvalue weighted by Gasteiger charge is -2.38. The minimum absolute atomic E-state index is 0.0844. The molecule has 6 nitrogen and oxygen atoms in total. The first kappa shape index (κ1) is 13.8. The summed E-state index contributed by atoms with van der Waals surface area (Å²) >= 11 is 1.39. The van der Waals surface area contributed by atoms with E-state index in [-0.39, 0.29) is 12.0 Å². The van der Waals surface area contributed by atoms with Crippen LogP contribution in [0.25, 0.3) is 0 Å². The number of aliphatic hydroxyl groups excluding tert-OH is 3. The van der Waals surface area contributed by atoms with Crippen LogP contribution >= 0.6 is 11.8 Å². The Morgan fingerprint density at radius 3 is 2.89 bits per heavy atom. The van der Waals surface area contributed by atoms with Crippen LogP contribution in [0.5, 0.6) is 0 Å². The quantitative estimate of drug-likeness (QED) is 0.495. The van der Waals surface area contributed by atoms with Crippen LogP contribution in [-0.4, -0.2) is 63.4 Å². The molecule has 0 spiro atoms. The normalized spacial score (nSPS) is 39.1. The van der Waals surface area contributed by atoms with Crippen LogP contribution in [0.3, 0.4) is 0 Å². The standard InChI is InChI=1S/C11H18N2O4S/c1-2-4-12-11-13-7-9(16)8(15)6(3-5-14)17-10(7)18-11/h2,6-10,14-16H,1,3-5H2,(H,12,13)/t6-,7-,8+,9?,10-/m1/s1. The van der Waals surface area contributed by atoms with Crippen molar-refractivity contribution in [2.24, 2.45) is 4.99 Å². The predicted molar refractivity (Wildman–Crippen MR) is 69.4 cm³/mol. The Bertz CT molecular complexity index is 339. The lowest BCUT2D eigenvalue weighted by molar-refractivity contribution is -0.156. The molecule has 7 heteroatoms. The van der Waals surface area contributed by atoms with Gasteiger partial charge in [-0.25, -0.2) is 0 Å². The van der Waals surface area contributed by atoms with Crippen molar-refractivity contribution in [1.82, 2.24) is 5.32 Å². The first-order valence-electron chi connectivity index (χ1n) is 5.89. The van der Waals surface area contributed by atoms with Gasteiger partial charge in [0.15, 0.2) is 5.17 Å². The molecule has 1 fully saturated rings. The summed E-state index contributed by atoms with van der Waals surface area (Å²) in [6, 6.07) is -0.466. The maximum Gasteiger partial charge on any atom is 0.159 e. The van der Waals surface area contributed by atoms with Gasteiger partial charge >= 0.3 is 0 Å². The summed E-state index contributed by atoms with van der Waals surface area (Å²) in [5.74, 6) is 0. The summed E-state index contributed by atoms with van der Waals surface area (Å²) in [7, 11) is 0. The second-order valence-corrected chi connectivity index (χ2v) is 5.34. The molecule has 2 rings (SSSR count). The molecule has 2 aliphatic heterocycles. The van der Waals surface area contributed by atoms with E-state index in [0.717, 1.165) is 0 Å². The fourth-order valence-electron chi connectivity index (χ4n) is 2.04. The number of thioether (sulfide) groups is 1. The van der Waals surface area contributed by atoms with Crippen LogP contribution in [0, 0.1) is 0 Å². The van der Waals surface area contributed by atoms with E-state index in [0.29, 0.717) is 18.1 Å². The number of aliphatic hydroxyl groups is 3. The number of hydrogen-bond donors (Lipinski definition) is 4. The van der Waals surface area contributed by atoms with Gasteiger partial charge in [-0.1, -0.05) is 17.8 Å². The summed E-state index contributed by atoms with van der Waals surface area (Å²) in [6.45, 7) is 4.10. The van der Waals surface area contributed by atoms with Gasteiger partial charge in [-0.05, 0) is 6.42 Å². The zero-order chi connectivity index (χ0) is 13.1. The van der Waals surface area contributed by atoms with Crippen molar-refractivity contribution in [3.05, 3.63) is 12.7 Å². The minimum Gasteiger partial charge on any atom is -0.396 e. The third kappa shape index (κ3) is 2.70. The van der Waals surface area contributed by atoms with E-state index in [2.05, 4.69) is 16.9 Å². The van der Waals surface area contributed by atoms with Crippen LogP contribution in [-0.2, 0) is 4.74 Å². The van der Waals surface area contributed by atoms with Crippen molar-refractivity contribution in [2.75, 3.05) is 13.2 Å². The molecule has 102 valence electrons. The number of aliphatic imine (C=N–C) groups is 1. The SMILES string of the molecule is C=CCNC1=N[C@@H]2C(O)[C@@H](O)[C@@H](CCO)O[C@@H]2S1. The molecule has 5 atom stereocenters. The maximum absolute atomic E-state index is 10.0. The van der Waals surface area contributed by atoms with Gasteiger partial charge < -0.3 is 25.4 Å². The Labute approximate surface area is 110 Å². The smallest absolute Gasteiger partial charge is 0.159 e. The second kappa shape index (κ2) is 6.03. The van der Waals surface area contributed by atoms with Crippen LogP contribution in [0.4, 0.5) is 0 Å². The van der Waals surface area contributed by atoms with E-state index < -0.39 is 24.4 Å².